The van der Waals surface area contributed by atoms with E-state index in [0.29, 0.717) is 29.2 Å². The van der Waals surface area contributed by atoms with E-state index in [1.165, 1.54) is 22.9 Å². The largest absolute Gasteiger partial charge is 0.457 e. The highest BCUT2D eigenvalue weighted by atomic mass is 32.2. The summed E-state index contributed by atoms with van der Waals surface area (Å²) < 4.78 is 37.8. The minimum atomic E-state index is -3.79. The molecule has 0 saturated carbocycles. The molecule has 0 fully saturated rings. The summed E-state index contributed by atoms with van der Waals surface area (Å²) in [5.74, 6) is 0.901. The van der Waals surface area contributed by atoms with Gasteiger partial charge in [-0.1, -0.05) is 5.16 Å². The highest BCUT2D eigenvalue weighted by Gasteiger charge is 2.33. The van der Waals surface area contributed by atoms with E-state index in [-0.39, 0.29) is 29.3 Å². The molecule has 1 aliphatic rings. The van der Waals surface area contributed by atoms with E-state index < -0.39 is 10.0 Å². The summed E-state index contributed by atoms with van der Waals surface area (Å²) in [4.78, 5) is 18.5. The van der Waals surface area contributed by atoms with Crippen molar-refractivity contribution >= 4 is 10.0 Å². The Kier molecular flexibility index (Phi) is 3.58. The van der Waals surface area contributed by atoms with Gasteiger partial charge in [-0.3, -0.25) is 4.79 Å². The van der Waals surface area contributed by atoms with Crippen LogP contribution in [-0.2, 0) is 23.0 Å². The zero-order valence-corrected chi connectivity index (χ0v) is 14.0. The number of furan rings is 1. The summed E-state index contributed by atoms with van der Waals surface area (Å²) in [6, 6.07) is 3.01. The molecule has 0 aromatic carbocycles. The van der Waals surface area contributed by atoms with Gasteiger partial charge in [0.15, 0.2) is 5.76 Å². The minimum Gasteiger partial charge on any atom is -0.457 e. The molecule has 0 saturated heterocycles. The highest BCUT2D eigenvalue weighted by molar-refractivity contribution is 7.89. The Morgan fingerprint density at radius 2 is 2.16 bits per heavy atom. The molecule has 0 radical (unpaired) electrons. The average Bonchev–Trinajstić information content (AvgIpc) is 3.24. The predicted octanol–water partition coefficient (Wildman–Crippen LogP) is 1.07. The third-order valence-corrected chi connectivity index (χ3v) is 6.10. The third-order valence-electron chi connectivity index (χ3n) is 4.15. The summed E-state index contributed by atoms with van der Waals surface area (Å²) >= 11 is 0. The Balaban J connectivity index is 1.70. The Labute approximate surface area is 142 Å². The smallest absolute Gasteiger partial charge is 0.254 e. The summed E-state index contributed by atoms with van der Waals surface area (Å²) in [5, 5.41) is 3.59. The van der Waals surface area contributed by atoms with Gasteiger partial charge in [-0.25, -0.2) is 13.4 Å². The molecule has 9 nitrogen and oxygen atoms in total. The molecular weight excluding hydrogens is 348 g/mol. The van der Waals surface area contributed by atoms with Crippen molar-refractivity contribution in [3.63, 3.8) is 0 Å². The van der Waals surface area contributed by atoms with E-state index in [2.05, 4.69) is 15.1 Å². The molecule has 0 aliphatic carbocycles. The zero-order valence-electron chi connectivity index (χ0n) is 13.2. The topological polar surface area (TPSA) is 122 Å². The van der Waals surface area contributed by atoms with Gasteiger partial charge in [-0.15, -0.1) is 0 Å². The van der Waals surface area contributed by atoms with Crippen LogP contribution >= 0.6 is 0 Å². The maximum atomic E-state index is 13.0. The van der Waals surface area contributed by atoms with E-state index in [0.717, 1.165) is 0 Å². The summed E-state index contributed by atoms with van der Waals surface area (Å²) in [5.41, 5.74) is 0.768. The monoisotopic (exact) mass is 362 g/mol. The van der Waals surface area contributed by atoms with Crippen LogP contribution in [-0.4, -0.2) is 34.4 Å². The van der Waals surface area contributed by atoms with Gasteiger partial charge in [-0.05, 0) is 13.3 Å². The lowest BCUT2D eigenvalue weighted by molar-refractivity contribution is 0.382. The SMILES string of the molecule is Cc1oc(-c2ccno2)cc1S(=O)(=O)N1CCc2c(nc[nH]c2=O)C1. The highest BCUT2D eigenvalue weighted by Crippen LogP contribution is 2.31. The van der Waals surface area contributed by atoms with Crippen LogP contribution in [0.1, 0.15) is 17.0 Å². The summed E-state index contributed by atoms with van der Waals surface area (Å²) in [6.07, 6.45) is 3.04. The van der Waals surface area contributed by atoms with Crippen molar-refractivity contribution in [3.8, 4) is 11.5 Å². The van der Waals surface area contributed by atoms with Gasteiger partial charge in [-0.2, -0.15) is 4.31 Å². The van der Waals surface area contributed by atoms with Gasteiger partial charge in [0.05, 0.1) is 24.8 Å². The van der Waals surface area contributed by atoms with Crippen LogP contribution in [0.25, 0.3) is 11.5 Å². The van der Waals surface area contributed by atoms with Crippen molar-refractivity contribution in [3.05, 3.63) is 52.0 Å². The summed E-state index contributed by atoms with van der Waals surface area (Å²) in [6.45, 7) is 1.82. The van der Waals surface area contributed by atoms with Crippen LogP contribution in [0.15, 0.2) is 43.3 Å². The first kappa shape index (κ1) is 15.8. The maximum Gasteiger partial charge on any atom is 0.254 e. The molecule has 1 aliphatic heterocycles. The molecule has 4 heterocycles. The van der Waals surface area contributed by atoms with E-state index >= 15 is 0 Å². The number of rotatable bonds is 3. The van der Waals surface area contributed by atoms with Crippen LogP contribution in [0.3, 0.4) is 0 Å². The lowest BCUT2D eigenvalue weighted by atomic mass is 10.1. The van der Waals surface area contributed by atoms with Crippen molar-refractivity contribution in [1.29, 1.82) is 0 Å². The fourth-order valence-electron chi connectivity index (χ4n) is 2.87. The Bertz CT molecular complexity index is 1080. The van der Waals surface area contributed by atoms with Crippen molar-refractivity contribution in [2.45, 2.75) is 24.8 Å². The number of sulfonamides is 1. The predicted molar refractivity (Wildman–Crippen MR) is 85.1 cm³/mol. The van der Waals surface area contributed by atoms with Crippen LogP contribution in [0.4, 0.5) is 0 Å². The number of aromatic nitrogens is 3. The molecule has 1 N–H and O–H groups in total. The molecule has 130 valence electrons. The molecular formula is C15H14N4O5S. The Morgan fingerprint density at radius 1 is 1.32 bits per heavy atom. The van der Waals surface area contributed by atoms with Crippen molar-refractivity contribution in [2.24, 2.45) is 0 Å². The normalized spacial score (nSPS) is 15.2. The average molecular weight is 362 g/mol. The van der Waals surface area contributed by atoms with Crippen molar-refractivity contribution in [2.75, 3.05) is 6.54 Å². The van der Waals surface area contributed by atoms with E-state index in [9.17, 15) is 13.2 Å². The second kappa shape index (κ2) is 5.67. The lowest BCUT2D eigenvalue weighted by Crippen LogP contribution is -2.38. The lowest BCUT2D eigenvalue weighted by Gasteiger charge is -2.26. The maximum absolute atomic E-state index is 13.0. The molecule has 0 spiro atoms. The number of H-pyrrole nitrogens is 1. The first-order valence-corrected chi connectivity index (χ1v) is 8.98. The van der Waals surface area contributed by atoms with E-state index in [4.69, 9.17) is 8.94 Å². The second-order valence-electron chi connectivity index (χ2n) is 5.65. The molecule has 3 aromatic rings. The van der Waals surface area contributed by atoms with Crippen LogP contribution in [0.2, 0.25) is 0 Å². The molecule has 3 aromatic heterocycles. The second-order valence-corrected chi connectivity index (χ2v) is 7.56. The number of hydrogen-bond acceptors (Lipinski definition) is 7. The minimum absolute atomic E-state index is 0.0455. The number of nitrogens with one attached hydrogen (secondary N) is 1. The fourth-order valence-corrected chi connectivity index (χ4v) is 4.43. The third kappa shape index (κ3) is 2.59. The van der Waals surface area contributed by atoms with E-state index in [1.807, 2.05) is 0 Å². The van der Waals surface area contributed by atoms with Gasteiger partial charge >= 0.3 is 0 Å². The molecule has 0 unspecified atom stereocenters. The van der Waals surface area contributed by atoms with Crippen molar-refractivity contribution < 1.29 is 17.4 Å². The quantitative estimate of drug-likeness (QED) is 0.739. The van der Waals surface area contributed by atoms with Crippen LogP contribution in [0.5, 0.6) is 0 Å². The van der Waals surface area contributed by atoms with E-state index in [1.54, 1.807) is 13.0 Å². The first-order chi connectivity index (χ1) is 12.0. The van der Waals surface area contributed by atoms with Gasteiger partial charge in [0, 0.05) is 24.2 Å². The molecule has 25 heavy (non-hydrogen) atoms. The van der Waals surface area contributed by atoms with Crippen molar-refractivity contribution in [1.82, 2.24) is 19.4 Å². The Morgan fingerprint density at radius 3 is 2.92 bits per heavy atom. The molecule has 10 heteroatoms. The standard InChI is InChI=1S/C15H14N4O5S/c1-9-14(6-13(23-9)12-2-4-18-24-12)25(21,22)19-5-3-10-11(7-19)16-8-17-15(10)20/h2,4,6,8H,3,5,7H2,1H3,(H,16,17,20). The number of nitrogens with zero attached hydrogens (tertiary/aromatic N) is 3. The number of aromatic amines is 1. The van der Waals surface area contributed by atoms with Crippen LogP contribution < -0.4 is 5.56 Å². The summed E-state index contributed by atoms with van der Waals surface area (Å²) in [7, 11) is -3.79. The number of hydrogen-bond donors (Lipinski definition) is 1. The molecule has 0 atom stereocenters. The molecule has 0 amide bonds. The van der Waals surface area contributed by atoms with Crippen LogP contribution in [0, 0.1) is 6.92 Å². The molecule has 4 rings (SSSR count). The number of fused-ring (bicyclic) bond motifs is 1. The van der Waals surface area contributed by atoms with Gasteiger partial charge in [0.1, 0.15) is 10.7 Å². The Hall–Kier alpha value is -2.72. The van der Waals surface area contributed by atoms with Gasteiger partial charge < -0.3 is 13.9 Å². The molecule has 0 bridgehead atoms. The van der Waals surface area contributed by atoms with Gasteiger partial charge in [0.2, 0.25) is 15.8 Å². The fraction of sp³-hybridized carbons (Fsp3) is 0.267. The number of aryl methyl sites for hydroxylation is 1. The van der Waals surface area contributed by atoms with Gasteiger partial charge in [0.25, 0.3) is 5.56 Å². The first-order valence-electron chi connectivity index (χ1n) is 7.54. The zero-order chi connectivity index (χ0) is 17.6.